The normalized spacial score (nSPS) is 17.9. The predicted octanol–water partition coefficient (Wildman–Crippen LogP) is 5.56. The average molecular weight is 373 g/mol. The van der Waals surface area contributed by atoms with E-state index in [0.29, 0.717) is 12.3 Å². The zero-order valence-corrected chi connectivity index (χ0v) is 18.3. The molecule has 26 heavy (non-hydrogen) atoms. The summed E-state index contributed by atoms with van der Waals surface area (Å²) in [6.07, 6.45) is 11.7. The van der Waals surface area contributed by atoms with Crippen molar-refractivity contribution in [3.63, 3.8) is 0 Å². The van der Waals surface area contributed by atoms with Crippen molar-refractivity contribution in [3.05, 3.63) is 0 Å². The molecule has 0 spiro atoms. The van der Waals surface area contributed by atoms with Crippen molar-refractivity contribution in [2.24, 2.45) is 23.7 Å². The Labute approximate surface area is 163 Å². The maximum absolute atomic E-state index is 9.69. The SMILES string of the molecule is CC(C)CCCC(C)CCCC(C)CCCC(C)CCC(O)[C@@H](O)CO. The summed E-state index contributed by atoms with van der Waals surface area (Å²) in [5.41, 5.74) is 0. The van der Waals surface area contributed by atoms with Gasteiger partial charge in [-0.25, -0.2) is 0 Å². The third-order valence-electron chi connectivity index (χ3n) is 5.85. The first-order chi connectivity index (χ1) is 12.3. The first-order valence-corrected chi connectivity index (χ1v) is 11.2. The molecule has 3 nitrogen and oxygen atoms in total. The first kappa shape index (κ1) is 25.9. The van der Waals surface area contributed by atoms with Crippen molar-refractivity contribution in [3.8, 4) is 0 Å². The van der Waals surface area contributed by atoms with Crippen LogP contribution in [0.25, 0.3) is 0 Å². The molecule has 0 aliphatic rings. The number of rotatable bonds is 17. The van der Waals surface area contributed by atoms with E-state index in [9.17, 15) is 10.2 Å². The lowest BCUT2D eigenvalue weighted by molar-refractivity contribution is -0.0200. The molecule has 0 radical (unpaired) electrons. The largest absolute Gasteiger partial charge is 0.394 e. The molecule has 3 heteroatoms. The van der Waals surface area contributed by atoms with E-state index < -0.39 is 12.2 Å². The van der Waals surface area contributed by atoms with Crippen LogP contribution in [-0.4, -0.2) is 34.1 Å². The monoisotopic (exact) mass is 372 g/mol. The van der Waals surface area contributed by atoms with Gasteiger partial charge in [-0.2, -0.15) is 0 Å². The van der Waals surface area contributed by atoms with Gasteiger partial charge in [-0.15, -0.1) is 0 Å². The van der Waals surface area contributed by atoms with E-state index in [1.807, 2.05) is 0 Å². The van der Waals surface area contributed by atoms with Crippen LogP contribution in [0.5, 0.6) is 0 Å². The number of hydrogen-bond acceptors (Lipinski definition) is 3. The Hall–Kier alpha value is -0.120. The van der Waals surface area contributed by atoms with Crippen LogP contribution in [0, 0.1) is 23.7 Å². The summed E-state index contributed by atoms with van der Waals surface area (Å²) >= 11 is 0. The minimum Gasteiger partial charge on any atom is -0.394 e. The van der Waals surface area contributed by atoms with Gasteiger partial charge in [-0.3, -0.25) is 0 Å². The van der Waals surface area contributed by atoms with Crippen molar-refractivity contribution in [1.29, 1.82) is 0 Å². The van der Waals surface area contributed by atoms with Crippen molar-refractivity contribution >= 4 is 0 Å². The maximum atomic E-state index is 9.69. The van der Waals surface area contributed by atoms with Gasteiger partial charge < -0.3 is 15.3 Å². The Bertz CT molecular complexity index is 306. The summed E-state index contributed by atoms with van der Waals surface area (Å²) in [5.74, 6) is 3.10. The first-order valence-electron chi connectivity index (χ1n) is 11.2. The molecule has 0 aliphatic heterocycles. The van der Waals surface area contributed by atoms with Crippen LogP contribution in [0.3, 0.4) is 0 Å². The molecule has 0 saturated heterocycles. The molecule has 0 aromatic rings. The summed E-state index contributed by atoms with van der Waals surface area (Å²) in [7, 11) is 0. The molecule has 0 saturated carbocycles. The molecule has 0 rings (SSSR count). The van der Waals surface area contributed by atoms with Crippen LogP contribution in [-0.2, 0) is 0 Å². The summed E-state index contributed by atoms with van der Waals surface area (Å²) in [5, 5.41) is 27.9. The maximum Gasteiger partial charge on any atom is 0.103 e. The third-order valence-corrected chi connectivity index (χ3v) is 5.85. The average Bonchev–Trinajstić information content (AvgIpc) is 2.58. The fraction of sp³-hybridized carbons (Fsp3) is 1.00. The molecular formula is C23H48O3. The quantitative estimate of drug-likeness (QED) is 0.313. The molecule has 4 unspecified atom stereocenters. The highest BCUT2D eigenvalue weighted by Crippen LogP contribution is 2.23. The van der Waals surface area contributed by atoms with Crippen molar-refractivity contribution in [2.75, 3.05) is 6.61 Å². The Morgan fingerprint density at radius 3 is 1.27 bits per heavy atom. The van der Waals surface area contributed by atoms with Crippen LogP contribution in [0.2, 0.25) is 0 Å². The smallest absolute Gasteiger partial charge is 0.103 e. The van der Waals surface area contributed by atoms with E-state index in [1.54, 1.807) is 0 Å². The number of aliphatic hydroxyl groups is 3. The second kappa shape index (κ2) is 15.9. The van der Waals surface area contributed by atoms with Gasteiger partial charge in [0.25, 0.3) is 0 Å². The van der Waals surface area contributed by atoms with E-state index >= 15 is 0 Å². The Morgan fingerprint density at radius 1 is 0.500 bits per heavy atom. The molecular weight excluding hydrogens is 324 g/mol. The molecule has 0 aromatic carbocycles. The summed E-state index contributed by atoms with van der Waals surface area (Å²) in [4.78, 5) is 0. The van der Waals surface area contributed by atoms with Crippen LogP contribution in [0.1, 0.15) is 105 Å². The van der Waals surface area contributed by atoms with Gasteiger partial charge in [0.15, 0.2) is 0 Å². The standard InChI is InChI=1S/C23H48O3/c1-18(2)9-6-10-19(3)11-7-12-20(4)13-8-14-21(5)15-16-22(25)23(26)17-24/h18-26H,6-17H2,1-5H3/t19?,20?,21?,22?,23-/m0/s1. The lowest BCUT2D eigenvalue weighted by atomic mass is 9.90. The minimum absolute atomic E-state index is 0.358. The molecule has 0 amide bonds. The Balaban J connectivity index is 3.62. The molecule has 5 atom stereocenters. The highest BCUT2D eigenvalue weighted by molar-refractivity contribution is 4.68. The van der Waals surface area contributed by atoms with Gasteiger partial charge in [0, 0.05) is 0 Å². The molecule has 3 N–H and O–H groups in total. The van der Waals surface area contributed by atoms with Crippen molar-refractivity contribution < 1.29 is 15.3 Å². The second-order valence-electron chi connectivity index (χ2n) is 9.40. The molecule has 0 heterocycles. The van der Waals surface area contributed by atoms with Gasteiger partial charge in [-0.1, -0.05) is 92.4 Å². The molecule has 0 aromatic heterocycles. The van der Waals surface area contributed by atoms with Crippen LogP contribution < -0.4 is 0 Å². The summed E-state index contributed by atoms with van der Waals surface area (Å²) < 4.78 is 0. The lowest BCUT2D eigenvalue weighted by Gasteiger charge is -2.19. The molecule has 0 fully saturated rings. The van der Waals surface area contributed by atoms with E-state index in [1.165, 1.54) is 57.8 Å². The van der Waals surface area contributed by atoms with Gasteiger partial charge in [-0.05, 0) is 36.5 Å². The predicted molar refractivity (Wildman–Crippen MR) is 112 cm³/mol. The Morgan fingerprint density at radius 2 is 0.885 bits per heavy atom. The Kier molecular flexibility index (Phi) is 15.8. The van der Waals surface area contributed by atoms with Crippen LogP contribution >= 0.6 is 0 Å². The van der Waals surface area contributed by atoms with E-state index in [-0.39, 0.29) is 6.61 Å². The fourth-order valence-corrected chi connectivity index (χ4v) is 3.71. The highest BCUT2D eigenvalue weighted by Gasteiger charge is 2.16. The molecule has 0 aliphatic carbocycles. The van der Waals surface area contributed by atoms with Gasteiger partial charge >= 0.3 is 0 Å². The summed E-state index contributed by atoms with van der Waals surface area (Å²) in [6, 6.07) is 0. The second-order valence-corrected chi connectivity index (χ2v) is 9.40. The number of hydrogen-bond donors (Lipinski definition) is 3. The minimum atomic E-state index is -0.991. The number of aliphatic hydroxyl groups excluding tert-OH is 3. The van der Waals surface area contributed by atoms with Crippen molar-refractivity contribution in [2.45, 2.75) is 117 Å². The third kappa shape index (κ3) is 15.0. The molecule has 0 bridgehead atoms. The van der Waals surface area contributed by atoms with E-state index in [0.717, 1.165) is 24.2 Å². The van der Waals surface area contributed by atoms with E-state index in [4.69, 9.17) is 5.11 Å². The van der Waals surface area contributed by atoms with Gasteiger partial charge in [0.2, 0.25) is 0 Å². The highest BCUT2D eigenvalue weighted by atomic mass is 16.4. The lowest BCUT2D eigenvalue weighted by Crippen LogP contribution is -2.29. The zero-order valence-electron chi connectivity index (χ0n) is 18.3. The fourth-order valence-electron chi connectivity index (χ4n) is 3.71. The van der Waals surface area contributed by atoms with Gasteiger partial charge in [0.1, 0.15) is 6.10 Å². The van der Waals surface area contributed by atoms with Crippen molar-refractivity contribution in [1.82, 2.24) is 0 Å². The topological polar surface area (TPSA) is 60.7 Å². The summed E-state index contributed by atoms with van der Waals surface area (Å²) in [6.45, 7) is 11.3. The van der Waals surface area contributed by atoms with Crippen LogP contribution in [0.4, 0.5) is 0 Å². The van der Waals surface area contributed by atoms with Crippen LogP contribution in [0.15, 0.2) is 0 Å². The van der Waals surface area contributed by atoms with Gasteiger partial charge in [0.05, 0.1) is 12.7 Å². The zero-order chi connectivity index (χ0) is 19.9. The van der Waals surface area contributed by atoms with E-state index in [2.05, 4.69) is 34.6 Å². The molecule has 158 valence electrons.